The highest BCUT2D eigenvalue weighted by molar-refractivity contribution is 7.98. The third-order valence-electron chi connectivity index (χ3n) is 7.27. The third-order valence-corrected chi connectivity index (χ3v) is 8.89. The lowest BCUT2D eigenvalue weighted by Gasteiger charge is -2.10. The highest BCUT2D eigenvalue weighted by Gasteiger charge is 2.28. The number of thioether (sulfide) groups is 1. The summed E-state index contributed by atoms with van der Waals surface area (Å²) in [6.07, 6.45) is 1.94. The van der Waals surface area contributed by atoms with Crippen LogP contribution in [0.5, 0.6) is 0 Å². The number of carbonyl (C=O) groups is 1. The van der Waals surface area contributed by atoms with Crippen molar-refractivity contribution in [2.24, 2.45) is 12.0 Å². The summed E-state index contributed by atoms with van der Waals surface area (Å²) in [6, 6.07) is 31.2. The van der Waals surface area contributed by atoms with Crippen molar-refractivity contribution >= 4 is 40.0 Å². The summed E-state index contributed by atoms with van der Waals surface area (Å²) in [5.41, 5.74) is 3.42. The smallest absolute Gasteiger partial charge is 0.279 e. The second-order valence-corrected chi connectivity index (χ2v) is 11.8. The summed E-state index contributed by atoms with van der Waals surface area (Å²) in [6.45, 7) is 0. The summed E-state index contributed by atoms with van der Waals surface area (Å²) in [5, 5.41) is 20.3. The molecule has 46 heavy (non-hydrogen) atoms. The zero-order chi connectivity index (χ0) is 31.8. The molecule has 0 bridgehead atoms. The molecule has 7 rings (SSSR count). The van der Waals surface area contributed by atoms with Gasteiger partial charge in [0.15, 0.2) is 10.8 Å². The molecule has 0 atom stereocenters. The molecule has 1 N–H and O–H groups in total. The van der Waals surface area contributed by atoms with Gasteiger partial charge in [0.25, 0.3) is 11.5 Å². The number of nitrogens with one attached hydrogen (secondary N) is 1. The lowest BCUT2D eigenvalue weighted by molar-refractivity contribution is 0.0998. The molecule has 7 aromatic rings. The van der Waals surface area contributed by atoms with Gasteiger partial charge in [-0.15, -0.1) is 11.8 Å². The number of nitriles is 1. The SMILES string of the molecule is CSc1nn(-c2ccccc2)c(-n2nc(-c3ccc(C#N)c(=O)[nH]3)sc2=NC(=O)c2ccccc2)c1-c1nc2ccccc2n1C. The zero-order valence-electron chi connectivity index (χ0n) is 24.4. The van der Waals surface area contributed by atoms with Crippen molar-refractivity contribution < 1.29 is 4.79 Å². The van der Waals surface area contributed by atoms with Crippen LogP contribution in [0.15, 0.2) is 112 Å². The number of para-hydroxylation sites is 3. The maximum Gasteiger partial charge on any atom is 0.279 e. The van der Waals surface area contributed by atoms with Crippen molar-refractivity contribution in [1.82, 2.24) is 34.1 Å². The fourth-order valence-corrected chi connectivity index (χ4v) is 6.48. The van der Waals surface area contributed by atoms with Gasteiger partial charge in [0.2, 0.25) is 4.80 Å². The van der Waals surface area contributed by atoms with E-state index in [1.165, 1.54) is 17.8 Å². The van der Waals surface area contributed by atoms with Crippen molar-refractivity contribution in [3.05, 3.63) is 123 Å². The molecule has 0 saturated carbocycles. The molecule has 224 valence electrons. The molecule has 0 aliphatic heterocycles. The number of hydrogen-bond acceptors (Lipinski definition) is 8. The molecule has 4 aromatic heterocycles. The van der Waals surface area contributed by atoms with Crippen LogP contribution in [0.1, 0.15) is 15.9 Å². The minimum absolute atomic E-state index is 0.0201. The summed E-state index contributed by atoms with van der Waals surface area (Å²) in [4.78, 5) is 38.6. The normalized spacial score (nSPS) is 11.6. The minimum atomic E-state index is -0.542. The molecule has 0 saturated heterocycles. The summed E-state index contributed by atoms with van der Waals surface area (Å²) < 4.78 is 5.34. The number of pyridine rings is 1. The van der Waals surface area contributed by atoms with E-state index in [1.54, 1.807) is 39.7 Å². The maximum atomic E-state index is 13.5. The topological polar surface area (TPSA) is 140 Å². The number of hydrogen-bond donors (Lipinski definition) is 1. The molecule has 11 nitrogen and oxygen atoms in total. The molecule has 0 unspecified atom stereocenters. The average molecular weight is 642 g/mol. The van der Waals surface area contributed by atoms with Gasteiger partial charge in [0.05, 0.1) is 28.0 Å². The van der Waals surface area contributed by atoms with Crippen LogP contribution < -0.4 is 10.4 Å². The van der Waals surface area contributed by atoms with Crippen molar-refractivity contribution in [3.8, 4) is 39.7 Å². The number of aryl methyl sites for hydroxylation is 1. The van der Waals surface area contributed by atoms with Gasteiger partial charge in [0, 0.05) is 12.6 Å². The van der Waals surface area contributed by atoms with E-state index in [0.29, 0.717) is 38.5 Å². The van der Waals surface area contributed by atoms with E-state index in [0.717, 1.165) is 28.1 Å². The second kappa shape index (κ2) is 11.9. The molecule has 0 spiro atoms. The van der Waals surface area contributed by atoms with Crippen molar-refractivity contribution in [2.75, 3.05) is 6.26 Å². The first-order valence-corrected chi connectivity index (χ1v) is 16.0. The first kappa shape index (κ1) is 28.9. The summed E-state index contributed by atoms with van der Waals surface area (Å²) >= 11 is 2.58. The lowest BCUT2D eigenvalue weighted by atomic mass is 10.2. The molecule has 4 heterocycles. The molecule has 0 aliphatic carbocycles. The van der Waals surface area contributed by atoms with E-state index in [-0.39, 0.29) is 10.4 Å². The van der Waals surface area contributed by atoms with Gasteiger partial charge in [-0.05, 0) is 54.8 Å². The van der Waals surface area contributed by atoms with Crippen LogP contribution in [0, 0.1) is 11.3 Å². The fourth-order valence-electron chi connectivity index (χ4n) is 5.06. The van der Waals surface area contributed by atoms with Gasteiger partial charge in [-0.25, -0.2) is 9.67 Å². The molecular formula is C33H23N9O2S2. The number of benzene rings is 3. The first-order chi connectivity index (χ1) is 22.5. The Labute approximate surface area is 269 Å². The summed E-state index contributed by atoms with van der Waals surface area (Å²) in [7, 11) is 1.95. The highest BCUT2D eigenvalue weighted by Crippen LogP contribution is 2.37. The van der Waals surface area contributed by atoms with Gasteiger partial charge in [0.1, 0.15) is 22.5 Å². The Hall–Kier alpha value is -5.84. The van der Waals surface area contributed by atoms with Crippen LogP contribution in [0.4, 0.5) is 0 Å². The Bertz CT molecular complexity index is 2430. The number of rotatable bonds is 6. The summed E-state index contributed by atoms with van der Waals surface area (Å²) in [5.74, 6) is 0.696. The Balaban J connectivity index is 1.57. The highest BCUT2D eigenvalue weighted by atomic mass is 32.2. The van der Waals surface area contributed by atoms with Gasteiger partial charge in [-0.2, -0.15) is 25.1 Å². The van der Waals surface area contributed by atoms with Crippen molar-refractivity contribution in [1.29, 1.82) is 5.26 Å². The van der Waals surface area contributed by atoms with Gasteiger partial charge < -0.3 is 9.55 Å². The van der Waals surface area contributed by atoms with E-state index in [1.807, 2.05) is 84.6 Å². The number of amides is 1. The Kier molecular flexibility index (Phi) is 7.49. The van der Waals surface area contributed by atoms with E-state index >= 15 is 0 Å². The number of nitrogens with zero attached hydrogens (tertiary/aromatic N) is 8. The third kappa shape index (κ3) is 5.05. The zero-order valence-corrected chi connectivity index (χ0v) is 26.1. The van der Waals surface area contributed by atoms with Crippen LogP contribution in [-0.4, -0.2) is 46.3 Å². The molecular weight excluding hydrogens is 619 g/mol. The number of H-pyrrole nitrogens is 1. The van der Waals surface area contributed by atoms with Crippen LogP contribution in [0.2, 0.25) is 0 Å². The molecule has 0 radical (unpaired) electrons. The maximum absolute atomic E-state index is 13.5. The molecule has 13 heteroatoms. The van der Waals surface area contributed by atoms with Crippen LogP contribution in [-0.2, 0) is 7.05 Å². The number of aromatic nitrogens is 7. The van der Waals surface area contributed by atoms with E-state index in [4.69, 9.17) is 15.2 Å². The Morgan fingerprint density at radius 2 is 1.65 bits per heavy atom. The second-order valence-electron chi connectivity index (χ2n) is 10.0. The minimum Gasteiger partial charge on any atom is -0.327 e. The quantitative estimate of drug-likeness (QED) is 0.241. The monoisotopic (exact) mass is 641 g/mol. The molecule has 0 fully saturated rings. The van der Waals surface area contributed by atoms with Gasteiger partial charge in [-0.1, -0.05) is 59.9 Å². The number of carbonyl (C=O) groups excluding carboxylic acids is 1. The average Bonchev–Trinajstić information content (AvgIpc) is 3.78. The van der Waals surface area contributed by atoms with E-state index < -0.39 is 11.5 Å². The molecule has 0 aliphatic rings. The van der Waals surface area contributed by atoms with E-state index in [2.05, 4.69) is 9.98 Å². The lowest BCUT2D eigenvalue weighted by Crippen LogP contribution is -2.21. The standard InChI is InChI=1S/C33H23N9O2S2/c1-40-25-16-10-9-15-23(25)35-27(40)26-31(45-2)39-41(22-13-7-4-8-14-22)32(26)42-33(37-28(43)20-11-5-3-6-12-20)46-30(38-42)24-18-17-21(19-34)29(44)36-24/h3-18H,1-2H3,(H,36,44). The van der Waals surface area contributed by atoms with Crippen LogP contribution in [0.25, 0.3) is 44.6 Å². The predicted octanol–water partition coefficient (Wildman–Crippen LogP) is 5.36. The number of imidazole rings is 1. The van der Waals surface area contributed by atoms with E-state index in [9.17, 15) is 14.9 Å². The van der Waals surface area contributed by atoms with Crippen LogP contribution in [0.3, 0.4) is 0 Å². The van der Waals surface area contributed by atoms with Gasteiger partial charge >= 0.3 is 0 Å². The molecule has 1 amide bonds. The Morgan fingerprint density at radius 3 is 2.35 bits per heavy atom. The largest absolute Gasteiger partial charge is 0.327 e. The fraction of sp³-hybridized carbons (Fsp3) is 0.0606. The van der Waals surface area contributed by atoms with Crippen molar-refractivity contribution in [2.45, 2.75) is 5.03 Å². The Morgan fingerprint density at radius 1 is 0.935 bits per heavy atom. The number of aromatic amines is 1. The predicted molar refractivity (Wildman–Crippen MR) is 177 cm³/mol. The van der Waals surface area contributed by atoms with Gasteiger partial charge in [-0.3, -0.25) is 9.59 Å². The molecule has 3 aromatic carbocycles. The number of fused-ring (bicyclic) bond motifs is 1. The first-order valence-electron chi connectivity index (χ1n) is 14.0. The van der Waals surface area contributed by atoms with Crippen molar-refractivity contribution in [3.63, 3.8) is 0 Å². The van der Waals surface area contributed by atoms with Crippen LogP contribution >= 0.6 is 23.1 Å².